The van der Waals surface area contributed by atoms with Gasteiger partial charge in [0.2, 0.25) is 5.91 Å². The predicted octanol–water partition coefficient (Wildman–Crippen LogP) is 5.66. The average Bonchev–Trinajstić information content (AvgIpc) is 3.02. The fourth-order valence-electron chi connectivity index (χ4n) is 5.92. The Hall–Kier alpha value is -0.810. The van der Waals surface area contributed by atoms with Gasteiger partial charge in [-0.15, -0.1) is 0 Å². The van der Waals surface area contributed by atoms with Crippen LogP contribution < -0.4 is 5.32 Å². The Bertz CT molecular complexity index is 667. The molecular formula is C35H69NO8. The van der Waals surface area contributed by atoms with Gasteiger partial charge in [0.05, 0.1) is 25.4 Å². The summed E-state index contributed by atoms with van der Waals surface area (Å²) in [6.07, 6.45) is 18.4. The maximum atomic E-state index is 12.8. The number of ether oxygens (including phenoxy) is 2. The molecule has 262 valence electrons. The number of aliphatic hydroxyl groups is 5. The van der Waals surface area contributed by atoms with Crippen molar-refractivity contribution in [2.45, 2.75) is 204 Å². The minimum atomic E-state index is -1.54. The summed E-state index contributed by atoms with van der Waals surface area (Å²) >= 11 is 0. The van der Waals surface area contributed by atoms with E-state index in [-0.39, 0.29) is 12.5 Å². The van der Waals surface area contributed by atoms with Gasteiger partial charge in [-0.2, -0.15) is 0 Å². The topological polar surface area (TPSA) is 149 Å². The van der Waals surface area contributed by atoms with Gasteiger partial charge in [0, 0.05) is 6.42 Å². The van der Waals surface area contributed by atoms with Crippen LogP contribution in [-0.2, 0) is 14.3 Å². The van der Waals surface area contributed by atoms with Crippen molar-refractivity contribution in [3.63, 3.8) is 0 Å². The number of unbranched alkanes of at least 4 members (excludes halogenated alkanes) is 19. The number of rotatable bonds is 29. The molecule has 1 amide bonds. The van der Waals surface area contributed by atoms with Gasteiger partial charge in [-0.25, -0.2) is 0 Å². The first-order valence-corrected chi connectivity index (χ1v) is 18.2. The van der Waals surface area contributed by atoms with E-state index >= 15 is 0 Å². The van der Waals surface area contributed by atoms with Gasteiger partial charge in [-0.05, 0) is 12.8 Å². The molecule has 0 aromatic carbocycles. The van der Waals surface area contributed by atoms with Crippen LogP contribution in [0.4, 0.5) is 0 Å². The third-order valence-electron chi connectivity index (χ3n) is 8.96. The molecule has 7 unspecified atom stereocenters. The van der Waals surface area contributed by atoms with Crippen molar-refractivity contribution in [3.8, 4) is 0 Å². The Morgan fingerprint density at radius 3 is 1.61 bits per heavy atom. The molecule has 1 rings (SSSR count). The maximum Gasteiger partial charge on any atom is 0.220 e. The van der Waals surface area contributed by atoms with Crippen molar-refractivity contribution < 1.29 is 39.8 Å². The summed E-state index contributed by atoms with van der Waals surface area (Å²) in [5.74, 6) is -0.148. The third kappa shape index (κ3) is 19.0. The summed E-state index contributed by atoms with van der Waals surface area (Å²) in [5.41, 5.74) is 0. The standard InChI is InChI=1S/C35H69NO8/c1-3-5-7-9-11-12-13-14-15-16-17-19-21-23-25-31(39)36-28(29(38)24-22-20-18-10-8-6-4-2)27-43-35-34(42)33(41)32(40)30(26-37)44-35/h28-30,32-35,37-38,40-42H,3-27H2,1-2H3,(H,36,39). The summed E-state index contributed by atoms with van der Waals surface area (Å²) < 4.78 is 11.1. The van der Waals surface area contributed by atoms with E-state index in [2.05, 4.69) is 19.2 Å². The highest BCUT2D eigenvalue weighted by molar-refractivity contribution is 5.76. The number of hydrogen-bond donors (Lipinski definition) is 6. The second kappa shape index (κ2) is 27.3. The van der Waals surface area contributed by atoms with E-state index in [0.29, 0.717) is 12.8 Å². The highest BCUT2D eigenvalue weighted by atomic mass is 16.7. The molecule has 0 radical (unpaired) electrons. The molecule has 0 spiro atoms. The normalized spacial score (nSPS) is 23.5. The molecular weight excluding hydrogens is 562 g/mol. The van der Waals surface area contributed by atoms with Crippen LogP contribution in [0.5, 0.6) is 0 Å². The molecule has 0 bridgehead atoms. The minimum Gasteiger partial charge on any atom is -0.394 e. The molecule has 7 atom stereocenters. The molecule has 1 heterocycles. The van der Waals surface area contributed by atoms with E-state index in [1.165, 1.54) is 96.3 Å². The van der Waals surface area contributed by atoms with Crippen molar-refractivity contribution in [2.24, 2.45) is 0 Å². The minimum absolute atomic E-state index is 0.134. The van der Waals surface area contributed by atoms with Gasteiger partial charge in [-0.1, -0.05) is 142 Å². The molecule has 1 fully saturated rings. The van der Waals surface area contributed by atoms with E-state index in [9.17, 15) is 30.3 Å². The lowest BCUT2D eigenvalue weighted by Gasteiger charge is -2.40. The van der Waals surface area contributed by atoms with Crippen molar-refractivity contribution in [1.29, 1.82) is 0 Å². The van der Waals surface area contributed by atoms with E-state index in [1.807, 2.05) is 0 Å². The zero-order chi connectivity index (χ0) is 32.4. The Morgan fingerprint density at radius 1 is 0.682 bits per heavy atom. The van der Waals surface area contributed by atoms with E-state index < -0.39 is 49.5 Å². The molecule has 1 aliphatic rings. The van der Waals surface area contributed by atoms with Crippen LogP contribution in [0.15, 0.2) is 0 Å². The molecule has 44 heavy (non-hydrogen) atoms. The number of nitrogens with one attached hydrogen (secondary N) is 1. The van der Waals surface area contributed by atoms with Crippen LogP contribution in [-0.4, -0.2) is 87.5 Å². The summed E-state index contributed by atoms with van der Waals surface area (Å²) in [7, 11) is 0. The van der Waals surface area contributed by atoms with Crippen LogP contribution in [0.1, 0.15) is 162 Å². The van der Waals surface area contributed by atoms with Crippen LogP contribution >= 0.6 is 0 Å². The van der Waals surface area contributed by atoms with Crippen LogP contribution in [0.2, 0.25) is 0 Å². The lowest BCUT2D eigenvalue weighted by Crippen LogP contribution is -2.60. The third-order valence-corrected chi connectivity index (χ3v) is 8.96. The summed E-state index contributed by atoms with van der Waals surface area (Å²) in [6, 6.07) is -0.707. The Kier molecular flexibility index (Phi) is 25.6. The zero-order valence-electron chi connectivity index (χ0n) is 28.2. The van der Waals surface area contributed by atoms with E-state index in [1.54, 1.807) is 0 Å². The van der Waals surface area contributed by atoms with Crippen molar-refractivity contribution >= 4 is 5.91 Å². The van der Waals surface area contributed by atoms with Crippen LogP contribution in [0.3, 0.4) is 0 Å². The zero-order valence-corrected chi connectivity index (χ0v) is 28.2. The summed E-state index contributed by atoms with van der Waals surface area (Å²) in [5, 5.41) is 53.7. The van der Waals surface area contributed by atoms with Gasteiger partial charge in [-0.3, -0.25) is 4.79 Å². The molecule has 9 heteroatoms. The Balaban J connectivity index is 2.39. The monoisotopic (exact) mass is 632 g/mol. The van der Waals surface area contributed by atoms with E-state index in [0.717, 1.165) is 38.5 Å². The van der Waals surface area contributed by atoms with Gasteiger partial charge in [0.15, 0.2) is 6.29 Å². The first-order chi connectivity index (χ1) is 21.3. The van der Waals surface area contributed by atoms with E-state index in [4.69, 9.17) is 9.47 Å². The number of hydrogen-bond acceptors (Lipinski definition) is 8. The van der Waals surface area contributed by atoms with Gasteiger partial charge in [0.25, 0.3) is 0 Å². The molecule has 6 N–H and O–H groups in total. The fourth-order valence-corrected chi connectivity index (χ4v) is 5.92. The lowest BCUT2D eigenvalue weighted by atomic mass is 9.99. The quantitative estimate of drug-likeness (QED) is 0.0580. The molecule has 1 saturated heterocycles. The van der Waals surface area contributed by atoms with Crippen molar-refractivity contribution in [3.05, 3.63) is 0 Å². The summed E-state index contributed by atoms with van der Waals surface area (Å²) in [4.78, 5) is 12.8. The Morgan fingerprint density at radius 2 is 1.14 bits per heavy atom. The molecule has 1 aliphatic heterocycles. The molecule has 0 aliphatic carbocycles. The van der Waals surface area contributed by atoms with Gasteiger partial charge < -0.3 is 40.3 Å². The predicted molar refractivity (Wildman–Crippen MR) is 175 cm³/mol. The van der Waals surface area contributed by atoms with Gasteiger partial charge >= 0.3 is 0 Å². The molecule has 0 saturated carbocycles. The van der Waals surface area contributed by atoms with Crippen LogP contribution in [0, 0.1) is 0 Å². The first-order valence-electron chi connectivity index (χ1n) is 18.2. The number of amides is 1. The molecule has 0 aromatic heterocycles. The molecule has 0 aromatic rings. The second-order valence-electron chi connectivity index (χ2n) is 13.0. The average molecular weight is 632 g/mol. The Labute approximate surface area is 268 Å². The second-order valence-corrected chi connectivity index (χ2v) is 13.0. The summed E-state index contributed by atoms with van der Waals surface area (Å²) in [6.45, 7) is 3.76. The van der Waals surface area contributed by atoms with Crippen molar-refractivity contribution in [2.75, 3.05) is 13.2 Å². The number of carbonyl (C=O) groups is 1. The SMILES string of the molecule is CCCCCCCCCCCCCCCCC(=O)NC(COC1OC(CO)C(O)C(O)C1O)C(O)CCCCCCCCC. The fraction of sp³-hybridized carbons (Fsp3) is 0.971. The van der Waals surface area contributed by atoms with Gasteiger partial charge in [0.1, 0.15) is 24.4 Å². The lowest BCUT2D eigenvalue weighted by molar-refractivity contribution is -0.302. The first kappa shape index (κ1) is 41.2. The highest BCUT2D eigenvalue weighted by Crippen LogP contribution is 2.23. The maximum absolute atomic E-state index is 12.8. The largest absolute Gasteiger partial charge is 0.394 e. The van der Waals surface area contributed by atoms with Crippen LogP contribution in [0.25, 0.3) is 0 Å². The van der Waals surface area contributed by atoms with Crippen molar-refractivity contribution in [1.82, 2.24) is 5.32 Å². The smallest absolute Gasteiger partial charge is 0.220 e. The molecule has 9 nitrogen and oxygen atoms in total. The highest BCUT2D eigenvalue weighted by Gasteiger charge is 2.44. The number of aliphatic hydroxyl groups excluding tert-OH is 5. The number of carbonyl (C=O) groups excluding carboxylic acids is 1.